The molecule has 0 spiro atoms. The molecule has 4 aliphatic rings. The third kappa shape index (κ3) is 3.78. The van der Waals surface area contributed by atoms with Gasteiger partial charge in [-0.05, 0) is 97.2 Å². The number of aliphatic hydroxyl groups excluding tert-OH is 3. The van der Waals surface area contributed by atoms with Crippen LogP contribution in [0.3, 0.4) is 0 Å². The molecule has 0 heterocycles. The van der Waals surface area contributed by atoms with E-state index in [0.717, 1.165) is 31.6 Å². The molecule has 3 nitrogen and oxygen atoms in total. The minimum atomic E-state index is -0.157. The molecule has 0 unspecified atom stereocenters. The Morgan fingerprint density at radius 1 is 0.848 bits per heavy atom. The van der Waals surface area contributed by atoms with Crippen LogP contribution in [0.25, 0.3) is 0 Å². The molecule has 0 aromatic carbocycles. The maximum Gasteiger partial charge on any atom is 0.0594 e. The summed E-state index contributed by atoms with van der Waals surface area (Å²) < 4.78 is 0. The van der Waals surface area contributed by atoms with Gasteiger partial charge in [-0.25, -0.2) is 0 Å². The van der Waals surface area contributed by atoms with Gasteiger partial charge in [0.05, 0.1) is 6.10 Å². The van der Waals surface area contributed by atoms with E-state index in [1.807, 2.05) is 5.57 Å². The minimum absolute atomic E-state index is 0.0148. The number of aliphatic hydroxyl groups is 3. The molecule has 0 saturated heterocycles. The summed E-state index contributed by atoms with van der Waals surface area (Å²) in [5, 5.41) is 29.6. The molecule has 33 heavy (non-hydrogen) atoms. The Bertz CT molecular complexity index is 752. The Hall–Kier alpha value is -0.380. The number of hydrogen-bond donors (Lipinski definition) is 3. The molecule has 0 aromatic rings. The Labute approximate surface area is 203 Å². The average Bonchev–Trinajstić information content (AvgIpc) is 3.05. The Balaban J connectivity index is 1.56. The topological polar surface area (TPSA) is 60.7 Å². The molecule has 190 valence electrons. The van der Waals surface area contributed by atoms with Crippen molar-refractivity contribution in [3.63, 3.8) is 0 Å². The summed E-state index contributed by atoms with van der Waals surface area (Å²) in [6, 6.07) is 0. The van der Waals surface area contributed by atoms with E-state index in [1.54, 1.807) is 5.57 Å². The molecule has 3 heteroatoms. The molecule has 3 N–H and O–H groups in total. The van der Waals surface area contributed by atoms with Crippen LogP contribution in [0.1, 0.15) is 112 Å². The summed E-state index contributed by atoms with van der Waals surface area (Å²) in [6.07, 6.45) is 13.0. The Morgan fingerprint density at radius 2 is 1.55 bits per heavy atom. The highest BCUT2D eigenvalue weighted by Crippen LogP contribution is 2.72. The quantitative estimate of drug-likeness (QED) is 0.380. The van der Waals surface area contributed by atoms with Crippen LogP contribution in [0, 0.1) is 45.3 Å². The van der Waals surface area contributed by atoms with Crippen LogP contribution in [0.15, 0.2) is 11.1 Å². The molecule has 7 atom stereocenters. The van der Waals surface area contributed by atoms with E-state index in [1.165, 1.54) is 44.9 Å². The predicted octanol–water partition coefficient (Wildman–Crippen LogP) is 6.50. The van der Waals surface area contributed by atoms with E-state index in [4.69, 9.17) is 0 Å². The maximum absolute atomic E-state index is 10.8. The molecule has 2 saturated carbocycles. The number of allylic oxidation sites excluding steroid dienone is 2. The largest absolute Gasteiger partial charge is 0.396 e. The molecule has 0 aliphatic heterocycles. The van der Waals surface area contributed by atoms with Gasteiger partial charge in [0, 0.05) is 19.1 Å². The average molecular weight is 461 g/mol. The lowest BCUT2D eigenvalue weighted by Gasteiger charge is -2.62. The summed E-state index contributed by atoms with van der Waals surface area (Å²) in [7, 11) is 0. The van der Waals surface area contributed by atoms with Crippen LogP contribution < -0.4 is 0 Å². The summed E-state index contributed by atoms with van der Waals surface area (Å²) >= 11 is 0. The highest BCUT2D eigenvalue weighted by atomic mass is 16.3. The van der Waals surface area contributed by atoms with E-state index >= 15 is 0 Å². The second-order valence-corrected chi connectivity index (χ2v) is 13.9. The van der Waals surface area contributed by atoms with Gasteiger partial charge in [0.15, 0.2) is 0 Å². The molecule has 2 fully saturated rings. The van der Waals surface area contributed by atoms with Gasteiger partial charge in [-0.1, -0.05) is 65.5 Å². The minimum Gasteiger partial charge on any atom is -0.396 e. The van der Waals surface area contributed by atoms with Crippen LogP contribution in [-0.4, -0.2) is 34.6 Å². The second kappa shape index (κ2) is 8.93. The Kier molecular flexibility index (Phi) is 6.96. The molecule has 0 radical (unpaired) electrons. The fraction of sp³-hybridized carbons (Fsp3) is 0.933. The van der Waals surface area contributed by atoms with Crippen molar-refractivity contribution in [3.8, 4) is 0 Å². The van der Waals surface area contributed by atoms with Gasteiger partial charge >= 0.3 is 0 Å². The summed E-state index contributed by atoms with van der Waals surface area (Å²) in [6.45, 7) is 15.1. The molecule has 4 aliphatic carbocycles. The lowest BCUT2D eigenvalue weighted by molar-refractivity contribution is -0.0962. The third-order valence-electron chi connectivity index (χ3n) is 12.3. The van der Waals surface area contributed by atoms with Gasteiger partial charge < -0.3 is 15.3 Å². The van der Waals surface area contributed by atoms with E-state index in [9.17, 15) is 15.3 Å². The van der Waals surface area contributed by atoms with Crippen LogP contribution in [0.5, 0.6) is 0 Å². The first-order valence-electron chi connectivity index (χ1n) is 14.1. The fourth-order valence-corrected chi connectivity index (χ4v) is 9.80. The van der Waals surface area contributed by atoms with Gasteiger partial charge in [0.1, 0.15) is 0 Å². The van der Waals surface area contributed by atoms with Gasteiger partial charge in [0.2, 0.25) is 0 Å². The molecular formula is C30H52O3. The van der Waals surface area contributed by atoms with Crippen molar-refractivity contribution >= 4 is 0 Å². The van der Waals surface area contributed by atoms with Crippen molar-refractivity contribution in [1.82, 2.24) is 0 Å². The monoisotopic (exact) mass is 460 g/mol. The first-order valence-corrected chi connectivity index (χ1v) is 14.1. The van der Waals surface area contributed by atoms with Gasteiger partial charge in [-0.3, -0.25) is 0 Å². The molecule has 0 bridgehead atoms. The van der Waals surface area contributed by atoms with Gasteiger partial charge in [-0.15, -0.1) is 0 Å². The number of fused-ring (bicyclic) bond motifs is 4. The number of rotatable bonds is 7. The van der Waals surface area contributed by atoms with E-state index < -0.39 is 0 Å². The van der Waals surface area contributed by atoms with Crippen molar-refractivity contribution in [1.29, 1.82) is 0 Å². The molecule has 0 amide bonds. The summed E-state index contributed by atoms with van der Waals surface area (Å²) in [4.78, 5) is 0. The van der Waals surface area contributed by atoms with Crippen LogP contribution >= 0.6 is 0 Å². The zero-order valence-corrected chi connectivity index (χ0v) is 22.4. The zero-order valence-electron chi connectivity index (χ0n) is 22.4. The summed E-state index contributed by atoms with van der Waals surface area (Å²) in [5.41, 5.74) is 4.63. The van der Waals surface area contributed by atoms with Gasteiger partial charge in [0.25, 0.3) is 0 Å². The Morgan fingerprint density at radius 3 is 2.21 bits per heavy atom. The molecule has 4 rings (SSSR count). The van der Waals surface area contributed by atoms with Crippen molar-refractivity contribution in [3.05, 3.63) is 11.1 Å². The maximum atomic E-state index is 10.8. The molecular weight excluding hydrogens is 408 g/mol. The van der Waals surface area contributed by atoms with E-state index in [-0.39, 0.29) is 36.1 Å². The van der Waals surface area contributed by atoms with Crippen molar-refractivity contribution < 1.29 is 15.3 Å². The van der Waals surface area contributed by atoms with Crippen molar-refractivity contribution in [2.75, 3.05) is 13.2 Å². The van der Waals surface area contributed by atoms with Crippen molar-refractivity contribution in [2.24, 2.45) is 45.3 Å². The van der Waals surface area contributed by atoms with Crippen LogP contribution in [0.4, 0.5) is 0 Å². The smallest absolute Gasteiger partial charge is 0.0594 e. The van der Waals surface area contributed by atoms with E-state index in [2.05, 4.69) is 41.5 Å². The second-order valence-electron chi connectivity index (χ2n) is 13.9. The van der Waals surface area contributed by atoms with Crippen molar-refractivity contribution in [2.45, 2.75) is 118 Å². The highest BCUT2D eigenvalue weighted by Gasteiger charge is 2.63. The summed E-state index contributed by atoms with van der Waals surface area (Å²) in [5.74, 6) is 2.13. The predicted molar refractivity (Wildman–Crippen MR) is 136 cm³/mol. The highest BCUT2D eigenvalue weighted by molar-refractivity contribution is 5.38. The fourth-order valence-electron chi connectivity index (χ4n) is 9.80. The lowest BCUT2D eigenvalue weighted by atomic mass is 9.43. The zero-order chi connectivity index (χ0) is 24.2. The van der Waals surface area contributed by atoms with Crippen LogP contribution in [-0.2, 0) is 0 Å². The molecule has 0 aromatic heterocycles. The number of hydrogen-bond acceptors (Lipinski definition) is 3. The third-order valence-corrected chi connectivity index (χ3v) is 12.3. The standard InChI is InChI=1S/C30H52O3/c1-20(8-7-9-21(18-31)19-32)22-12-16-30(6)24-10-11-25-27(2,3)26(33)14-15-28(25,4)23(24)13-17-29(22,30)5/h20-22,25-26,31-33H,7-19H2,1-6H3/t20-,22-,25+,26+,28-,29-,30+/m1/s1. The SMILES string of the molecule is C[C@H](CCCC(CO)CO)[C@H]1CC[C@@]2(C)C3=C(CC[C@]12C)[C@@]1(C)CC[C@H](O)C(C)(C)[C@@H]1CC3. The normalized spacial score (nSPS) is 43.3. The first kappa shape index (κ1) is 25.7. The first-order chi connectivity index (χ1) is 15.5. The van der Waals surface area contributed by atoms with E-state index in [0.29, 0.717) is 22.7 Å². The van der Waals surface area contributed by atoms with Gasteiger partial charge in [-0.2, -0.15) is 0 Å². The van der Waals surface area contributed by atoms with Crippen LogP contribution in [0.2, 0.25) is 0 Å². The lowest BCUT2D eigenvalue weighted by Crippen LogP contribution is -2.55.